The van der Waals surface area contributed by atoms with Gasteiger partial charge >= 0.3 is 0 Å². The van der Waals surface area contributed by atoms with Crippen LogP contribution in [0, 0.1) is 21.7 Å². The van der Waals surface area contributed by atoms with Crippen LogP contribution in [0.1, 0.15) is 5.76 Å². The number of halogens is 3. The lowest BCUT2D eigenvalue weighted by Gasteiger charge is -2.07. The Hall–Kier alpha value is -1.96. The van der Waals surface area contributed by atoms with Crippen LogP contribution in [0.5, 0.6) is 0 Å². The van der Waals surface area contributed by atoms with Crippen LogP contribution >= 0.6 is 15.9 Å². The summed E-state index contributed by atoms with van der Waals surface area (Å²) in [5, 5.41) is 13.2. The summed E-state index contributed by atoms with van der Waals surface area (Å²) in [6, 6.07) is 3.23. The normalized spacial score (nSPS) is 10.5. The van der Waals surface area contributed by atoms with Crippen molar-refractivity contribution in [1.82, 2.24) is 0 Å². The molecular formula is C11H7BrF2N2O3. The molecule has 0 radical (unpaired) electrons. The number of rotatable bonds is 4. The zero-order valence-corrected chi connectivity index (χ0v) is 10.9. The number of hydrogen-bond acceptors (Lipinski definition) is 4. The van der Waals surface area contributed by atoms with E-state index in [9.17, 15) is 18.9 Å². The van der Waals surface area contributed by atoms with E-state index in [0.29, 0.717) is 16.3 Å². The van der Waals surface area contributed by atoms with Crippen LogP contribution in [-0.4, -0.2) is 4.92 Å². The average Bonchev–Trinajstić information content (AvgIpc) is 2.76. The second kappa shape index (κ2) is 5.35. The highest BCUT2D eigenvalue weighted by molar-refractivity contribution is 9.10. The molecule has 0 bridgehead atoms. The maximum Gasteiger partial charge on any atom is 0.295 e. The van der Waals surface area contributed by atoms with Crippen molar-refractivity contribution in [2.75, 3.05) is 5.32 Å². The van der Waals surface area contributed by atoms with Gasteiger partial charge in [-0.15, -0.1) is 0 Å². The third-order valence-electron chi connectivity index (χ3n) is 2.39. The minimum Gasteiger partial charge on any atom is -0.466 e. The molecule has 0 aliphatic carbocycles. The molecule has 0 saturated carbocycles. The van der Waals surface area contributed by atoms with Crippen LogP contribution in [0.15, 0.2) is 33.4 Å². The molecule has 0 spiro atoms. The Kier molecular flexibility index (Phi) is 3.79. The predicted molar refractivity (Wildman–Crippen MR) is 66.7 cm³/mol. The van der Waals surface area contributed by atoms with Crippen LogP contribution in [0.4, 0.5) is 20.2 Å². The molecule has 2 rings (SSSR count). The fraction of sp³-hybridized carbons (Fsp3) is 0.0909. The second-order valence-electron chi connectivity index (χ2n) is 3.56. The number of nitro benzene ring substituents is 1. The van der Waals surface area contributed by atoms with Crippen LogP contribution < -0.4 is 5.32 Å². The Labute approximate surface area is 114 Å². The molecule has 0 amide bonds. The van der Waals surface area contributed by atoms with Gasteiger partial charge in [0.1, 0.15) is 5.76 Å². The van der Waals surface area contributed by atoms with E-state index in [1.165, 1.54) is 6.26 Å². The first kappa shape index (κ1) is 13.5. The minimum absolute atomic E-state index is 0.0191. The van der Waals surface area contributed by atoms with Gasteiger partial charge in [0.15, 0.2) is 17.3 Å². The molecule has 0 saturated heterocycles. The van der Waals surface area contributed by atoms with E-state index >= 15 is 0 Å². The fourth-order valence-corrected chi connectivity index (χ4v) is 1.82. The zero-order chi connectivity index (χ0) is 14.0. The maximum atomic E-state index is 13.6. The van der Waals surface area contributed by atoms with Gasteiger partial charge in [0.2, 0.25) is 0 Å². The Morgan fingerprint density at radius 3 is 2.68 bits per heavy atom. The van der Waals surface area contributed by atoms with Crippen molar-refractivity contribution >= 4 is 27.3 Å². The van der Waals surface area contributed by atoms with Gasteiger partial charge in [0, 0.05) is 6.07 Å². The highest BCUT2D eigenvalue weighted by Gasteiger charge is 2.21. The molecule has 19 heavy (non-hydrogen) atoms. The first-order valence-electron chi connectivity index (χ1n) is 5.09. The molecule has 1 aromatic heterocycles. The highest BCUT2D eigenvalue weighted by Crippen LogP contribution is 2.30. The van der Waals surface area contributed by atoms with Gasteiger partial charge in [-0.25, -0.2) is 8.78 Å². The van der Waals surface area contributed by atoms with Gasteiger partial charge in [0.05, 0.1) is 22.2 Å². The molecule has 0 unspecified atom stereocenters. The lowest BCUT2D eigenvalue weighted by molar-refractivity contribution is -0.384. The van der Waals surface area contributed by atoms with Crippen molar-refractivity contribution in [3.05, 3.63) is 56.4 Å². The first-order valence-corrected chi connectivity index (χ1v) is 5.88. The molecule has 8 heteroatoms. The second-order valence-corrected chi connectivity index (χ2v) is 4.41. The largest absolute Gasteiger partial charge is 0.466 e. The molecular weight excluding hydrogens is 326 g/mol. The molecule has 0 aliphatic heterocycles. The van der Waals surface area contributed by atoms with E-state index in [-0.39, 0.29) is 6.54 Å². The molecule has 0 fully saturated rings. The van der Waals surface area contributed by atoms with Crippen LogP contribution in [0.25, 0.3) is 0 Å². The van der Waals surface area contributed by atoms with E-state index in [4.69, 9.17) is 4.42 Å². The minimum atomic E-state index is -1.29. The number of hydrogen-bond donors (Lipinski definition) is 1. The molecule has 1 heterocycles. The Morgan fingerprint density at radius 2 is 2.11 bits per heavy atom. The van der Waals surface area contributed by atoms with Crippen LogP contribution in [0.3, 0.4) is 0 Å². The monoisotopic (exact) mass is 332 g/mol. The van der Waals surface area contributed by atoms with Crippen molar-refractivity contribution in [2.45, 2.75) is 6.54 Å². The van der Waals surface area contributed by atoms with Gasteiger partial charge in [-0.3, -0.25) is 10.1 Å². The number of nitrogens with one attached hydrogen (secondary N) is 1. The van der Waals surface area contributed by atoms with Gasteiger partial charge in [-0.1, -0.05) is 0 Å². The Balaban J connectivity index is 2.31. The van der Waals surface area contributed by atoms with E-state index in [0.717, 1.165) is 6.07 Å². The third-order valence-corrected chi connectivity index (χ3v) is 3.09. The number of furan rings is 1. The zero-order valence-electron chi connectivity index (χ0n) is 9.32. The van der Waals surface area contributed by atoms with Gasteiger partial charge < -0.3 is 9.73 Å². The Morgan fingerprint density at radius 1 is 1.37 bits per heavy atom. The molecule has 2 aromatic rings. The van der Waals surface area contributed by atoms with Gasteiger partial charge in [-0.05, 0) is 28.1 Å². The standard InChI is InChI=1S/C11H7BrF2N2O3/c12-6-3-4-19-9(6)5-15-11-8(16(17)18)2-1-7(13)10(11)14/h1-4,15H,5H2. The molecule has 1 aromatic carbocycles. The predicted octanol–water partition coefficient (Wildman–Crippen LogP) is 3.84. The summed E-state index contributed by atoms with van der Waals surface area (Å²) < 4.78 is 32.4. The van der Waals surface area contributed by atoms with E-state index in [2.05, 4.69) is 21.2 Å². The van der Waals surface area contributed by atoms with E-state index in [1.54, 1.807) is 6.07 Å². The number of nitro groups is 1. The SMILES string of the molecule is O=[N+]([O-])c1ccc(F)c(F)c1NCc1occc1Br. The smallest absolute Gasteiger partial charge is 0.295 e. The van der Waals surface area contributed by atoms with Gasteiger partial charge in [0.25, 0.3) is 5.69 Å². The number of benzene rings is 1. The molecule has 0 atom stereocenters. The van der Waals surface area contributed by atoms with Crippen molar-refractivity contribution in [3.8, 4) is 0 Å². The number of nitrogens with zero attached hydrogens (tertiary/aromatic N) is 1. The van der Waals surface area contributed by atoms with E-state index in [1.807, 2.05) is 0 Å². The molecule has 0 aliphatic rings. The average molecular weight is 333 g/mol. The summed E-state index contributed by atoms with van der Waals surface area (Å²) in [7, 11) is 0. The molecule has 1 N–H and O–H groups in total. The summed E-state index contributed by atoms with van der Waals surface area (Å²) >= 11 is 3.18. The summed E-state index contributed by atoms with van der Waals surface area (Å²) in [5.74, 6) is -2.04. The summed E-state index contributed by atoms with van der Waals surface area (Å²) in [5.41, 5.74) is -1.05. The van der Waals surface area contributed by atoms with Crippen molar-refractivity contribution in [3.63, 3.8) is 0 Å². The number of anilines is 1. The fourth-order valence-electron chi connectivity index (χ4n) is 1.48. The molecule has 100 valence electrons. The van der Waals surface area contributed by atoms with Crippen molar-refractivity contribution < 1.29 is 18.1 Å². The quantitative estimate of drug-likeness (QED) is 0.682. The summed E-state index contributed by atoms with van der Waals surface area (Å²) in [6.07, 6.45) is 1.40. The third kappa shape index (κ3) is 2.73. The topological polar surface area (TPSA) is 68.3 Å². The van der Waals surface area contributed by atoms with Crippen LogP contribution in [-0.2, 0) is 6.54 Å². The molecule has 5 nitrogen and oxygen atoms in total. The Bertz CT molecular complexity index is 630. The highest BCUT2D eigenvalue weighted by atomic mass is 79.9. The van der Waals surface area contributed by atoms with Gasteiger partial charge in [-0.2, -0.15) is 0 Å². The summed E-state index contributed by atoms with van der Waals surface area (Å²) in [6.45, 7) is -0.0191. The summed E-state index contributed by atoms with van der Waals surface area (Å²) in [4.78, 5) is 9.97. The van der Waals surface area contributed by atoms with E-state index < -0.39 is 27.9 Å². The maximum absolute atomic E-state index is 13.6. The first-order chi connectivity index (χ1) is 9.00. The van der Waals surface area contributed by atoms with Crippen molar-refractivity contribution in [1.29, 1.82) is 0 Å². The van der Waals surface area contributed by atoms with Crippen LogP contribution in [0.2, 0.25) is 0 Å². The lowest BCUT2D eigenvalue weighted by atomic mass is 10.2. The lowest BCUT2D eigenvalue weighted by Crippen LogP contribution is -2.06. The van der Waals surface area contributed by atoms with Crippen molar-refractivity contribution in [2.24, 2.45) is 0 Å².